The van der Waals surface area contributed by atoms with Gasteiger partial charge in [-0.2, -0.15) is 0 Å². The number of nitrogens with zero attached hydrogens (tertiary/aromatic N) is 4. The van der Waals surface area contributed by atoms with E-state index in [2.05, 4.69) is 54.2 Å². The Balaban J connectivity index is 1.33. The van der Waals surface area contributed by atoms with E-state index >= 15 is 0 Å². The second-order valence-electron chi connectivity index (χ2n) is 11.2. The third-order valence-electron chi connectivity index (χ3n) is 8.90. The molecule has 8 nitrogen and oxygen atoms in total. The first kappa shape index (κ1) is 24.6. The summed E-state index contributed by atoms with van der Waals surface area (Å²) in [5.41, 5.74) is 1.04. The molecule has 2 aliphatic heterocycles. The third-order valence-corrected chi connectivity index (χ3v) is 10.5. The van der Waals surface area contributed by atoms with Crippen molar-refractivity contribution in [3.63, 3.8) is 0 Å². The van der Waals surface area contributed by atoms with Gasteiger partial charge < -0.3 is 14.7 Å². The highest BCUT2D eigenvalue weighted by atomic mass is 32.2. The fourth-order valence-corrected chi connectivity index (χ4v) is 7.56. The molecule has 9 heteroatoms. The number of hydrogen-bond donors (Lipinski definition) is 0. The lowest BCUT2D eigenvalue weighted by molar-refractivity contribution is -0.131. The van der Waals surface area contributed by atoms with Gasteiger partial charge in [-0.3, -0.25) is 9.69 Å². The lowest BCUT2D eigenvalue weighted by Crippen LogP contribution is -2.55. The Hall–Kier alpha value is -2.13. The molecule has 1 spiro atoms. The maximum Gasteiger partial charge on any atom is 0.321 e. The number of benzene rings is 1. The topological polar surface area (TPSA) is 81.2 Å². The van der Waals surface area contributed by atoms with Crippen LogP contribution in [-0.4, -0.2) is 104 Å². The fraction of sp³-hybridized carbons (Fsp3) is 0.692. The number of amides is 3. The highest BCUT2D eigenvalue weighted by Crippen LogP contribution is 2.49. The minimum absolute atomic E-state index is 0.0104. The van der Waals surface area contributed by atoms with Crippen LogP contribution in [0, 0.1) is 5.92 Å². The summed E-state index contributed by atoms with van der Waals surface area (Å²) >= 11 is 0. The number of carbonyl (C=O) groups excluding carboxylic acids is 2. The molecule has 4 fully saturated rings. The molecule has 2 aliphatic carbocycles. The standard InChI is InChI=1S/C26H38N4O4S/c1-27(2)26(22-6-4-3-5-7-22)12-10-25(11-13-26)20-29(24(32)30(25)18-21-8-9-21)19-23(31)28-14-16-35(33,34)17-15-28/h3-7,21H,8-20H2,1-2H3/t25-,26+. The number of hydrogen-bond acceptors (Lipinski definition) is 5. The summed E-state index contributed by atoms with van der Waals surface area (Å²) < 4.78 is 23.5. The van der Waals surface area contributed by atoms with Gasteiger partial charge >= 0.3 is 6.03 Å². The first-order chi connectivity index (χ1) is 16.6. The van der Waals surface area contributed by atoms with E-state index in [9.17, 15) is 18.0 Å². The van der Waals surface area contributed by atoms with Crippen molar-refractivity contribution in [2.45, 2.75) is 49.6 Å². The summed E-state index contributed by atoms with van der Waals surface area (Å²) in [5, 5.41) is 0. The highest BCUT2D eigenvalue weighted by Gasteiger charge is 2.55. The smallest absolute Gasteiger partial charge is 0.321 e. The monoisotopic (exact) mass is 502 g/mol. The van der Waals surface area contributed by atoms with E-state index in [0.29, 0.717) is 12.5 Å². The van der Waals surface area contributed by atoms with Crippen LogP contribution < -0.4 is 0 Å². The molecule has 3 amide bonds. The normalized spacial score (nSPS) is 30.9. The molecular formula is C26H38N4O4S. The van der Waals surface area contributed by atoms with Gasteiger partial charge in [0.15, 0.2) is 9.84 Å². The predicted molar refractivity (Wildman–Crippen MR) is 135 cm³/mol. The molecule has 0 aromatic heterocycles. The first-order valence-corrected chi connectivity index (χ1v) is 14.7. The molecule has 2 saturated heterocycles. The van der Waals surface area contributed by atoms with Crippen molar-refractivity contribution in [2.75, 3.05) is 58.3 Å². The minimum atomic E-state index is -3.05. The molecule has 1 aromatic rings. The van der Waals surface area contributed by atoms with Gasteiger partial charge in [0.25, 0.3) is 0 Å². The maximum absolute atomic E-state index is 13.6. The van der Waals surface area contributed by atoms with Crippen molar-refractivity contribution in [3.8, 4) is 0 Å². The summed E-state index contributed by atoms with van der Waals surface area (Å²) in [6.45, 7) is 1.85. The number of urea groups is 1. The highest BCUT2D eigenvalue weighted by molar-refractivity contribution is 7.91. The van der Waals surface area contributed by atoms with Crippen molar-refractivity contribution >= 4 is 21.8 Å². The Kier molecular flexibility index (Phi) is 6.36. The quantitative estimate of drug-likeness (QED) is 0.596. The van der Waals surface area contributed by atoms with Gasteiger partial charge in [-0.25, -0.2) is 13.2 Å². The van der Waals surface area contributed by atoms with Crippen LogP contribution in [0.3, 0.4) is 0 Å². The Morgan fingerprint density at radius 2 is 1.66 bits per heavy atom. The zero-order valence-electron chi connectivity index (χ0n) is 21.0. The average molecular weight is 503 g/mol. The van der Waals surface area contributed by atoms with E-state index in [0.717, 1.165) is 32.2 Å². The second-order valence-corrected chi connectivity index (χ2v) is 13.5. The zero-order valence-corrected chi connectivity index (χ0v) is 21.8. The van der Waals surface area contributed by atoms with Gasteiger partial charge in [-0.15, -0.1) is 0 Å². The molecule has 0 unspecified atom stereocenters. The largest absolute Gasteiger partial charge is 0.339 e. The Labute approximate surface area is 209 Å². The first-order valence-electron chi connectivity index (χ1n) is 12.9. The second kappa shape index (κ2) is 9.07. The van der Waals surface area contributed by atoms with Crippen LogP contribution in [0.5, 0.6) is 0 Å². The molecule has 192 valence electrons. The molecule has 35 heavy (non-hydrogen) atoms. The molecule has 2 saturated carbocycles. The Morgan fingerprint density at radius 1 is 1.03 bits per heavy atom. The summed E-state index contributed by atoms with van der Waals surface area (Å²) in [4.78, 5) is 34.4. The number of sulfone groups is 1. The minimum Gasteiger partial charge on any atom is -0.339 e. The van der Waals surface area contributed by atoms with Gasteiger partial charge in [-0.05, 0) is 64.1 Å². The molecular weight excluding hydrogens is 464 g/mol. The summed E-state index contributed by atoms with van der Waals surface area (Å²) in [5.74, 6) is 0.459. The van der Waals surface area contributed by atoms with Crippen LogP contribution in [0.4, 0.5) is 4.79 Å². The summed E-state index contributed by atoms with van der Waals surface area (Å²) in [6, 6.07) is 10.7. The van der Waals surface area contributed by atoms with E-state index < -0.39 is 9.84 Å². The van der Waals surface area contributed by atoms with Crippen molar-refractivity contribution in [2.24, 2.45) is 5.92 Å². The van der Waals surface area contributed by atoms with Crippen molar-refractivity contribution in [1.82, 2.24) is 19.6 Å². The molecule has 0 radical (unpaired) electrons. The fourth-order valence-electron chi connectivity index (χ4n) is 6.36. The van der Waals surface area contributed by atoms with E-state index in [1.54, 1.807) is 9.80 Å². The van der Waals surface area contributed by atoms with Crippen LogP contribution >= 0.6 is 0 Å². The maximum atomic E-state index is 13.6. The molecule has 0 N–H and O–H groups in total. The lowest BCUT2D eigenvalue weighted by atomic mass is 9.68. The van der Waals surface area contributed by atoms with Gasteiger partial charge in [0.1, 0.15) is 6.54 Å². The van der Waals surface area contributed by atoms with Gasteiger partial charge in [0, 0.05) is 31.7 Å². The average Bonchev–Trinajstić information content (AvgIpc) is 3.63. The lowest BCUT2D eigenvalue weighted by Gasteiger charge is -2.51. The Morgan fingerprint density at radius 3 is 2.23 bits per heavy atom. The van der Waals surface area contributed by atoms with E-state index in [1.165, 1.54) is 18.4 Å². The zero-order chi connectivity index (χ0) is 24.8. The van der Waals surface area contributed by atoms with Crippen LogP contribution in [0.25, 0.3) is 0 Å². The van der Waals surface area contributed by atoms with Crippen LogP contribution in [0.15, 0.2) is 30.3 Å². The molecule has 5 rings (SSSR count). The Bertz CT molecular complexity index is 1050. The molecule has 4 aliphatic rings. The third kappa shape index (κ3) is 4.69. The number of rotatable bonds is 6. The van der Waals surface area contributed by atoms with Crippen LogP contribution in [0.1, 0.15) is 44.1 Å². The molecule has 0 atom stereocenters. The number of carbonyl (C=O) groups is 2. The van der Waals surface area contributed by atoms with Crippen molar-refractivity contribution < 1.29 is 18.0 Å². The van der Waals surface area contributed by atoms with Crippen LogP contribution in [0.2, 0.25) is 0 Å². The van der Waals surface area contributed by atoms with Crippen molar-refractivity contribution in [1.29, 1.82) is 0 Å². The van der Waals surface area contributed by atoms with Gasteiger partial charge in [0.2, 0.25) is 5.91 Å². The summed E-state index contributed by atoms with van der Waals surface area (Å²) in [6.07, 6.45) is 6.09. The van der Waals surface area contributed by atoms with Gasteiger partial charge in [0.05, 0.1) is 17.0 Å². The SMILES string of the molecule is CN(C)[C@]1(c2ccccc2)CC[C@]2(CC1)CN(CC(=O)N1CCS(=O)(=O)CC1)C(=O)N2CC1CC1. The van der Waals surface area contributed by atoms with Crippen LogP contribution in [-0.2, 0) is 20.2 Å². The van der Waals surface area contributed by atoms with E-state index in [-0.39, 0.29) is 54.2 Å². The molecule has 0 bridgehead atoms. The molecule has 2 heterocycles. The van der Waals surface area contributed by atoms with E-state index in [1.807, 2.05) is 0 Å². The summed E-state index contributed by atoms with van der Waals surface area (Å²) in [7, 11) is 1.25. The van der Waals surface area contributed by atoms with Crippen molar-refractivity contribution in [3.05, 3.63) is 35.9 Å². The predicted octanol–water partition coefficient (Wildman–Crippen LogP) is 2.16. The molecule has 1 aromatic carbocycles. The van der Waals surface area contributed by atoms with E-state index in [4.69, 9.17) is 0 Å². The van der Waals surface area contributed by atoms with Gasteiger partial charge in [-0.1, -0.05) is 30.3 Å².